The number of amides is 1. The lowest BCUT2D eigenvalue weighted by Crippen LogP contribution is -2.52. The number of halogens is 1. The maximum absolute atomic E-state index is 12.6. The van der Waals surface area contributed by atoms with Gasteiger partial charge in [0.05, 0.1) is 14.4 Å². The van der Waals surface area contributed by atoms with Crippen LogP contribution in [0.25, 0.3) is 0 Å². The fourth-order valence-corrected chi connectivity index (χ4v) is 4.94. The van der Waals surface area contributed by atoms with Crippen LogP contribution in [0.15, 0.2) is 0 Å². The van der Waals surface area contributed by atoms with E-state index in [1.54, 1.807) is 20.8 Å². The van der Waals surface area contributed by atoms with Crippen LogP contribution in [0.5, 0.6) is 0 Å². The highest BCUT2D eigenvalue weighted by Crippen LogP contribution is 2.40. The van der Waals surface area contributed by atoms with Crippen LogP contribution in [0.4, 0.5) is 0 Å². The molecule has 0 aromatic heterocycles. The summed E-state index contributed by atoms with van der Waals surface area (Å²) in [4.78, 5) is 36.0. The van der Waals surface area contributed by atoms with Gasteiger partial charge in [0, 0.05) is 12.0 Å². The number of thioether (sulfide) groups is 1. The highest BCUT2D eigenvalue weighted by molar-refractivity contribution is 14.1. The molecule has 0 rings (SSSR count). The Morgan fingerprint density at radius 1 is 1.25 bits per heavy atom. The third kappa shape index (κ3) is 8.66. The number of carboxylic acid groups (broad SMARTS) is 1. The second-order valence-electron chi connectivity index (χ2n) is 6.97. The molecular weight excluding hydrogens is 443 g/mol. The van der Waals surface area contributed by atoms with Crippen molar-refractivity contribution in [2.75, 3.05) is 6.54 Å². The Kier molecular flexibility index (Phi) is 9.81. The number of carbonyl (C=O) groups is 3. The van der Waals surface area contributed by atoms with Gasteiger partial charge in [-0.1, -0.05) is 56.7 Å². The Hall–Kier alpha value is -0.350. The van der Waals surface area contributed by atoms with E-state index in [1.807, 2.05) is 13.8 Å². The number of ketones is 1. The average molecular weight is 472 g/mol. The number of nitrogens with one attached hydrogen (secondary N) is 1. The first-order valence-corrected chi connectivity index (χ1v) is 9.93. The summed E-state index contributed by atoms with van der Waals surface area (Å²) >= 11 is 3.56. The summed E-state index contributed by atoms with van der Waals surface area (Å²) in [5.74, 6) is -1.66. The van der Waals surface area contributed by atoms with E-state index in [9.17, 15) is 14.4 Å². The molecule has 0 aliphatic heterocycles. The summed E-state index contributed by atoms with van der Waals surface area (Å²) in [6.07, 6.45) is 1.49. The Morgan fingerprint density at radius 2 is 1.79 bits per heavy atom. The Bertz CT molecular complexity index is 463. The Morgan fingerprint density at radius 3 is 2.17 bits per heavy atom. The first kappa shape index (κ1) is 23.6. The number of alkyl halides is 1. The van der Waals surface area contributed by atoms with Crippen molar-refractivity contribution in [1.82, 2.24) is 5.32 Å². The number of nitrogens with two attached hydrogens (primary N) is 1. The van der Waals surface area contributed by atoms with Crippen molar-refractivity contribution in [2.24, 2.45) is 11.1 Å². The van der Waals surface area contributed by atoms with Gasteiger partial charge in [-0.25, -0.2) is 0 Å². The first-order valence-electron chi connectivity index (χ1n) is 7.97. The van der Waals surface area contributed by atoms with Crippen molar-refractivity contribution < 1.29 is 19.5 Å². The Balaban J connectivity index is 5.17. The second kappa shape index (κ2) is 9.96. The zero-order chi connectivity index (χ0) is 19.1. The molecule has 0 spiro atoms. The molecule has 6 nitrogen and oxygen atoms in total. The van der Waals surface area contributed by atoms with Crippen LogP contribution in [0.2, 0.25) is 0 Å². The van der Waals surface area contributed by atoms with Crippen LogP contribution in [-0.4, -0.2) is 43.4 Å². The zero-order valence-electron chi connectivity index (χ0n) is 15.0. The maximum atomic E-state index is 12.6. The van der Waals surface area contributed by atoms with Gasteiger partial charge >= 0.3 is 5.97 Å². The first-order chi connectivity index (χ1) is 10.8. The minimum absolute atomic E-state index is 0.0111. The fourth-order valence-electron chi connectivity index (χ4n) is 2.17. The largest absolute Gasteiger partial charge is 0.481 e. The van der Waals surface area contributed by atoms with E-state index >= 15 is 0 Å². The minimum atomic E-state index is -1.04. The molecule has 0 aliphatic carbocycles. The molecule has 24 heavy (non-hydrogen) atoms. The summed E-state index contributed by atoms with van der Waals surface area (Å²) in [7, 11) is 0. The van der Waals surface area contributed by atoms with Crippen LogP contribution in [-0.2, 0) is 14.4 Å². The van der Waals surface area contributed by atoms with E-state index < -0.39 is 28.6 Å². The molecule has 0 bridgehead atoms. The molecule has 0 aromatic carbocycles. The van der Waals surface area contributed by atoms with E-state index in [4.69, 9.17) is 10.8 Å². The van der Waals surface area contributed by atoms with Crippen molar-refractivity contribution in [1.29, 1.82) is 0 Å². The molecule has 0 fully saturated rings. The molecule has 0 saturated heterocycles. The summed E-state index contributed by atoms with van der Waals surface area (Å²) in [5.41, 5.74) is 5.00. The number of aliphatic carboxylic acids is 1. The highest BCUT2D eigenvalue weighted by Gasteiger charge is 2.35. The maximum Gasteiger partial charge on any atom is 0.305 e. The average Bonchev–Trinajstić information content (AvgIpc) is 2.41. The van der Waals surface area contributed by atoms with E-state index in [1.165, 1.54) is 11.8 Å². The molecule has 3 unspecified atom stereocenters. The van der Waals surface area contributed by atoms with Crippen molar-refractivity contribution >= 4 is 52.0 Å². The third-order valence-corrected chi connectivity index (χ3v) is 6.01. The highest BCUT2D eigenvalue weighted by atomic mass is 127. The van der Waals surface area contributed by atoms with Crippen molar-refractivity contribution in [3.63, 3.8) is 0 Å². The van der Waals surface area contributed by atoms with Crippen molar-refractivity contribution in [3.8, 4) is 0 Å². The number of hydrogen-bond acceptors (Lipinski definition) is 5. The monoisotopic (exact) mass is 472 g/mol. The van der Waals surface area contributed by atoms with Crippen LogP contribution in [0, 0.1) is 5.41 Å². The molecule has 140 valence electrons. The van der Waals surface area contributed by atoms with Gasteiger partial charge in [0.2, 0.25) is 5.91 Å². The quantitative estimate of drug-likeness (QED) is 0.333. The van der Waals surface area contributed by atoms with Gasteiger partial charge in [0.15, 0.2) is 5.78 Å². The summed E-state index contributed by atoms with van der Waals surface area (Å²) in [6.45, 7) is 9.29. The van der Waals surface area contributed by atoms with E-state index in [2.05, 4.69) is 27.9 Å². The van der Waals surface area contributed by atoms with Gasteiger partial charge < -0.3 is 16.2 Å². The van der Waals surface area contributed by atoms with E-state index in [-0.39, 0.29) is 21.5 Å². The molecular formula is C16H29IN2O4S. The second-order valence-corrected chi connectivity index (χ2v) is 11.8. The normalized spacial score (nSPS) is 16.8. The zero-order valence-corrected chi connectivity index (χ0v) is 18.0. The fraction of sp³-hybridized carbons (Fsp3) is 0.812. The number of hydrogen-bond donors (Lipinski definition) is 3. The molecule has 0 heterocycles. The lowest BCUT2D eigenvalue weighted by atomic mass is 9.86. The van der Waals surface area contributed by atoms with Gasteiger partial charge in [0.25, 0.3) is 0 Å². The van der Waals surface area contributed by atoms with Crippen LogP contribution in [0.1, 0.15) is 53.9 Å². The standard InChI is InChI=1S/C16H29IN2O4S/c1-6-7-16(5,17)24-11(8-12(20)21)14(23)19-10(9-18)13(22)15(2,3)4/h10-11H,6-9,18H2,1-5H3,(H,19,23)(H,20,21). The van der Waals surface area contributed by atoms with Gasteiger partial charge in [-0.3, -0.25) is 14.4 Å². The molecule has 1 amide bonds. The molecule has 0 aromatic rings. The van der Waals surface area contributed by atoms with Crippen molar-refractivity contribution in [2.45, 2.75) is 67.9 Å². The van der Waals surface area contributed by atoms with Crippen molar-refractivity contribution in [3.05, 3.63) is 0 Å². The van der Waals surface area contributed by atoms with Gasteiger partial charge in [-0.2, -0.15) is 0 Å². The number of Topliss-reactive ketones (excluding diaryl/α,β-unsaturated/α-hetero) is 1. The number of carbonyl (C=O) groups excluding carboxylic acids is 2. The van der Waals surface area contributed by atoms with Gasteiger partial charge in [-0.05, 0) is 13.3 Å². The van der Waals surface area contributed by atoms with Gasteiger partial charge in [0.1, 0.15) is 6.04 Å². The third-order valence-electron chi connectivity index (χ3n) is 3.34. The molecule has 3 atom stereocenters. The predicted octanol–water partition coefficient (Wildman–Crippen LogP) is 2.57. The van der Waals surface area contributed by atoms with Crippen LogP contribution < -0.4 is 11.1 Å². The summed E-state index contributed by atoms with van der Waals surface area (Å²) in [5, 5.41) is 11.0. The molecule has 0 saturated carbocycles. The lowest BCUT2D eigenvalue weighted by molar-refractivity contribution is -0.138. The number of rotatable bonds is 10. The topological polar surface area (TPSA) is 109 Å². The SMILES string of the molecule is CCCC(C)(I)SC(CC(=O)O)C(=O)NC(CN)C(=O)C(C)(C)C. The van der Waals surface area contributed by atoms with Crippen LogP contribution in [0.3, 0.4) is 0 Å². The molecule has 0 radical (unpaired) electrons. The summed E-state index contributed by atoms with van der Waals surface area (Å²) < 4.78 is -0.254. The van der Waals surface area contributed by atoms with Crippen LogP contribution >= 0.6 is 34.4 Å². The minimum Gasteiger partial charge on any atom is -0.481 e. The van der Waals surface area contributed by atoms with E-state index in [0.29, 0.717) is 0 Å². The molecule has 8 heteroatoms. The lowest BCUT2D eigenvalue weighted by Gasteiger charge is -2.29. The predicted molar refractivity (Wildman–Crippen MR) is 106 cm³/mol. The smallest absolute Gasteiger partial charge is 0.305 e. The van der Waals surface area contributed by atoms with E-state index in [0.717, 1.165) is 12.8 Å². The number of carboxylic acids is 1. The molecule has 0 aliphatic rings. The van der Waals surface area contributed by atoms with Gasteiger partial charge in [-0.15, -0.1) is 11.8 Å². The molecule has 4 N–H and O–H groups in total. The summed E-state index contributed by atoms with van der Waals surface area (Å²) in [6, 6.07) is -0.805. The Labute approximate surface area is 162 Å².